The van der Waals surface area contributed by atoms with E-state index in [1.807, 2.05) is 0 Å². The van der Waals surface area contributed by atoms with Gasteiger partial charge in [0.25, 0.3) is 0 Å². The third-order valence-corrected chi connectivity index (χ3v) is 8.21. The minimum absolute atomic E-state index is 0.0214. The topological polar surface area (TPSA) is 59.0 Å². The Morgan fingerprint density at radius 2 is 1.83 bits per heavy atom. The van der Waals surface area contributed by atoms with E-state index >= 15 is 0 Å². The van der Waals surface area contributed by atoms with Gasteiger partial charge in [-0.15, -0.1) is 11.3 Å². The van der Waals surface area contributed by atoms with Crippen LogP contribution in [0.4, 0.5) is 30.7 Å². The molecular weight excluding hydrogens is 579 g/mol. The Morgan fingerprint density at radius 1 is 1.10 bits per heavy atom. The zero-order chi connectivity index (χ0) is 29.6. The van der Waals surface area contributed by atoms with Crippen LogP contribution in [0.25, 0.3) is 17.2 Å². The summed E-state index contributed by atoms with van der Waals surface area (Å²) in [7, 11) is 0. The summed E-state index contributed by atoms with van der Waals surface area (Å²) < 4.78 is 108. The average molecular weight is 602 g/mol. The summed E-state index contributed by atoms with van der Waals surface area (Å²) in [5.74, 6) is -2.55. The number of fused-ring (bicyclic) bond motifs is 1. The molecule has 41 heavy (non-hydrogen) atoms. The van der Waals surface area contributed by atoms with E-state index in [1.54, 1.807) is 30.3 Å². The number of ether oxygens (including phenoxy) is 2. The largest absolute Gasteiger partial charge is 0.488 e. The van der Waals surface area contributed by atoms with E-state index in [0.29, 0.717) is 22.5 Å². The fourth-order valence-corrected chi connectivity index (χ4v) is 5.93. The summed E-state index contributed by atoms with van der Waals surface area (Å²) in [6.45, 7) is -1.18. The van der Waals surface area contributed by atoms with Crippen molar-refractivity contribution in [2.75, 3.05) is 26.2 Å². The number of carboxylic acids is 1. The number of benzene rings is 2. The predicted octanol–water partition coefficient (Wildman–Crippen LogP) is 7.27. The Labute approximate surface area is 233 Å². The number of halogens is 7. The molecule has 1 N–H and O–H groups in total. The van der Waals surface area contributed by atoms with Gasteiger partial charge in [-0.3, -0.25) is 9.69 Å². The maximum absolute atomic E-state index is 15.0. The number of hydrogen-bond acceptors (Lipinski definition) is 5. The van der Waals surface area contributed by atoms with Gasteiger partial charge in [-0.05, 0) is 29.7 Å². The molecule has 13 heteroatoms. The monoisotopic (exact) mass is 601 g/mol. The highest BCUT2D eigenvalue weighted by molar-refractivity contribution is 7.12. The van der Waals surface area contributed by atoms with Crippen LogP contribution in [-0.2, 0) is 17.6 Å². The second-order valence-corrected chi connectivity index (χ2v) is 11.0. The SMILES string of the molecule is O=C(O)C1(C(F)(F)F)CCN(CC2=Cc3c(F)cc(OCc4cc(-c5ccccc5)c(C(F)(F)F)s4)cc3OC2)C1. The smallest absolute Gasteiger partial charge is 0.426 e. The maximum Gasteiger partial charge on any atom is 0.426 e. The van der Waals surface area contributed by atoms with E-state index in [-0.39, 0.29) is 53.8 Å². The van der Waals surface area contributed by atoms with Crippen LogP contribution in [0.3, 0.4) is 0 Å². The fourth-order valence-electron chi connectivity index (χ4n) is 4.97. The number of rotatable bonds is 7. The molecule has 0 saturated carbocycles. The number of alkyl halides is 6. The zero-order valence-corrected chi connectivity index (χ0v) is 21.9. The Morgan fingerprint density at radius 3 is 2.46 bits per heavy atom. The zero-order valence-electron chi connectivity index (χ0n) is 21.1. The molecule has 2 aromatic carbocycles. The van der Waals surface area contributed by atoms with Gasteiger partial charge in [0.05, 0.1) is 5.56 Å². The summed E-state index contributed by atoms with van der Waals surface area (Å²) in [4.78, 5) is 12.3. The van der Waals surface area contributed by atoms with Crippen molar-refractivity contribution in [2.45, 2.75) is 25.4 Å². The average Bonchev–Trinajstić information content (AvgIpc) is 3.54. The minimum Gasteiger partial charge on any atom is -0.488 e. The van der Waals surface area contributed by atoms with E-state index in [1.165, 1.54) is 23.1 Å². The van der Waals surface area contributed by atoms with E-state index in [4.69, 9.17) is 9.47 Å². The summed E-state index contributed by atoms with van der Waals surface area (Å²) in [6, 6.07) is 11.9. The van der Waals surface area contributed by atoms with Gasteiger partial charge in [-0.25, -0.2) is 4.39 Å². The lowest BCUT2D eigenvalue weighted by molar-refractivity contribution is -0.227. The molecule has 1 atom stereocenters. The van der Waals surface area contributed by atoms with Crippen LogP contribution in [0.1, 0.15) is 21.7 Å². The molecule has 2 aliphatic rings. The minimum atomic E-state index is -4.92. The Hall–Kier alpha value is -3.58. The summed E-state index contributed by atoms with van der Waals surface area (Å²) in [5.41, 5.74) is -1.93. The van der Waals surface area contributed by atoms with Crippen LogP contribution in [-0.4, -0.2) is 48.4 Å². The first kappa shape index (κ1) is 28.9. The molecule has 0 spiro atoms. The summed E-state index contributed by atoms with van der Waals surface area (Å²) in [6.07, 6.45) is -8.64. The first-order valence-corrected chi connectivity index (χ1v) is 13.1. The van der Waals surface area contributed by atoms with Crippen molar-refractivity contribution in [3.63, 3.8) is 0 Å². The van der Waals surface area contributed by atoms with Gasteiger partial charge in [0.1, 0.15) is 35.4 Å². The highest BCUT2D eigenvalue weighted by atomic mass is 32.1. The number of carbonyl (C=O) groups is 1. The molecule has 5 nitrogen and oxygen atoms in total. The van der Waals surface area contributed by atoms with Crippen molar-refractivity contribution in [3.05, 3.63) is 75.2 Å². The van der Waals surface area contributed by atoms with Crippen molar-refractivity contribution in [3.8, 4) is 22.6 Å². The molecule has 3 heterocycles. The molecule has 0 bridgehead atoms. The van der Waals surface area contributed by atoms with Crippen molar-refractivity contribution < 1.29 is 50.1 Å². The summed E-state index contributed by atoms with van der Waals surface area (Å²) >= 11 is 0.535. The van der Waals surface area contributed by atoms with Crippen LogP contribution in [0, 0.1) is 11.2 Å². The standard InChI is InChI=1S/C28H22F7NO4S/c29-22-9-18(39-14-19-11-20(17-4-2-1-3-5-17)24(41-19)27(30,31)32)10-23-21(22)8-16(13-40-23)12-36-7-6-26(15-36,25(37)38)28(33,34)35/h1-5,8-11H,6-7,12-15H2,(H,37,38). The third-order valence-electron chi connectivity index (χ3n) is 7.06. The number of thiophene rings is 1. The van der Waals surface area contributed by atoms with Crippen LogP contribution in [0.15, 0.2) is 54.1 Å². The molecule has 5 rings (SSSR count). The quantitative estimate of drug-likeness (QED) is 0.289. The molecule has 1 unspecified atom stereocenters. The molecule has 0 radical (unpaired) electrons. The Balaban J connectivity index is 1.29. The van der Waals surface area contributed by atoms with Crippen LogP contribution < -0.4 is 9.47 Å². The molecule has 1 saturated heterocycles. The van der Waals surface area contributed by atoms with E-state index in [9.17, 15) is 40.6 Å². The second-order valence-electron chi connectivity index (χ2n) is 9.86. The van der Waals surface area contributed by atoms with E-state index < -0.39 is 47.4 Å². The van der Waals surface area contributed by atoms with Gasteiger partial charge in [0.15, 0.2) is 5.41 Å². The first-order valence-electron chi connectivity index (χ1n) is 12.3. The van der Waals surface area contributed by atoms with Crippen molar-refractivity contribution in [1.82, 2.24) is 4.90 Å². The van der Waals surface area contributed by atoms with Gasteiger partial charge in [-0.2, -0.15) is 26.3 Å². The van der Waals surface area contributed by atoms with Gasteiger partial charge in [-0.1, -0.05) is 30.3 Å². The van der Waals surface area contributed by atoms with Gasteiger partial charge in [0.2, 0.25) is 0 Å². The molecule has 3 aromatic rings. The van der Waals surface area contributed by atoms with Crippen molar-refractivity contribution in [2.24, 2.45) is 5.41 Å². The Bertz CT molecular complexity index is 1480. The number of likely N-dealkylation sites (tertiary alicyclic amines) is 1. The molecular formula is C28H22F7NO4S. The number of carboxylic acid groups (broad SMARTS) is 1. The fraction of sp³-hybridized carbons (Fsp3) is 0.321. The van der Waals surface area contributed by atoms with Crippen molar-refractivity contribution >= 4 is 23.4 Å². The lowest BCUT2D eigenvalue weighted by atomic mass is 9.86. The van der Waals surface area contributed by atoms with Crippen LogP contribution in [0.5, 0.6) is 11.5 Å². The molecule has 1 fully saturated rings. The second kappa shape index (κ2) is 10.7. The van der Waals surface area contributed by atoms with E-state index in [2.05, 4.69) is 0 Å². The van der Waals surface area contributed by atoms with Crippen LogP contribution >= 0.6 is 11.3 Å². The van der Waals surface area contributed by atoms with E-state index in [0.717, 1.165) is 6.07 Å². The van der Waals surface area contributed by atoms with Gasteiger partial charge < -0.3 is 14.6 Å². The lowest BCUT2D eigenvalue weighted by Crippen LogP contribution is -2.47. The predicted molar refractivity (Wildman–Crippen MR) is 136 cm³/mol. The Kier molecular flexibility index (Phi) is 7.53. The first-order chi connectivity index (χ1) is 19.3. The number of nitrogens with zero attached hydrogens (tertiary/aromatic N) is 1. The molecule has 0 amide bonds. The molecule has 218 valence electrons. The van der Waals surface area contributed by atoms with Gasteiger partial charge >= 0.3 is 18.3 Å². The highest BCUT2D eigenvalue weighted by Gasteiger charge is 2.63. The molecule has 2 aliphatic heterocycles. The maximum atomic E-state index is 15.0. The van der Waals surface area contributed by atoms with Crippen LogP contribution in [0.2, 0.25) is 0 Å². The van der Waals surface area contributed by atoms with Crippen molar-refractivity contribution in [1.29, 1.82) is 0 Å². The number of hydrogen-bond donors (Lipinski definition) is 1. The lowest BCUT2D eigenvalue weighted by Gasteiger charge is -2.28. The number of aliphatic carboxylic acids is 1. The third kappa shape index (κ3) is 5.78. The molecule has 1 aromatic heterocycles. The highest BCUT2D eigenvalue weighted by Crippen LogP contribution is 2.46. The summed E-state index contributed by atoms with van der Waals surface area (Å²) in [5, 5.41) is 9.24. The normalized spacial score (nSPS) is 19.4. The van der Waals surface area contributed by atoms with Gasteiger partial charge in [0, 0.05) is 42.2 Å². The molecule has 0 aliphatic carbocycles.